The van der Waals surface area contributed by atoms with Crippen molar-refractivity contribution in [3.8, 4) is 5.75 Å². The molecule has 21 heavy (non-hydrogen) atoms. The number of carbonyl (C=O) groups is 2. The monoisotopic (exact) mass is 291 g/mol. The first-order valence-electron chi connectivity index (χ1n) is 7.14. The van der Waals surface area contributed by atoms with E-state index in [2.05, 4.69) is 5.32 Å². The highest BCUT2D eigenvalue weighted by molar-refractivity contribution is 5.99. The van der Waals surface area contributed by atoms with Crippen LogP contribution >= 0.6 is 0 Å². The summed E-state index contributed by atoms with van der Waals surface area (Å²) >= 11 is 0. The van der Waals surface area contributed by atoms with E-state index in [1.165, 1.54) is 0 Å². The molecule has 0 aliphatic heterocycles. The third-order valence-electron chi connectivity index (χ3n) is 3.97. The molecule has 0 unspecified atom stereocenters. The number of anilines is 1. The van der Waals surface area contributed by atoms with Gasteiger partial charge in [-0.05, 0) is 36.1 Å². The molecule has 1 aliphatic carbocycles. The zero-order chi connectivity index (χ0) is 15.6. The van der Waals surface area contributed by atoms with Gasteiger partial charge in [0.15, 0.2) is 0 Å². The molecule has 1 fully saturated rings. The van der Waals surface area contributed by atoms with Crippen LogP contribution in [0.5, 0.6) is 5.75 Å². The SMILES string of the molecule is CCCOc1ccc(NC(=O)[C@H]2[C@@H](C(=O)O)C2(C)C)cc1. The molecule has 5 heteroatoms. The van der Waals surface area contributed by atoms with Crippen molar-refractivity contribution in [2.75, 3.05) is 11.9 Å². The van der Waals surface area contributed by atoms with E-state index in [1.54, 1.807) is 38.1 Å². The molecule has 0 aromatic heterocycles. The molecule has 1 saturated carbocycles. The van der Waals surface area contributed by atoms with Crippen LogP contribution in [0.1, 0.15) is 27.2 Å². The van der Waals surface area contributed by atoms with Crippen molar-refractivity contribution in [3.05, 3.63) is 24.3 Å². The van der Waals surface area contributed by atoms with E-state index in [9.17, 15) is 9.59 Å². The van der Waals surface area contributed by atoms with E-state index < -0.39 is 23.2 Å². The summed E-state index contributed by atoms with van der Waals surface area (Å²) in [6, 6.07) is 7.10. The molecule has 0 heterocycles. The Kier molecular flexibility index (Phi) is 4.21. The maximum Gasteiger partial charge on any atom is 0.307 e. The standard InChI is InChI=1S/C16H21NO4/c1-4-9-21-11-7-5-10(6-8-11)17-14(18)12-13(15(19)20)16(12,2)3/h5-8,12-13H,4,9H2,1-3H3,(H,17,18)(H,19,20)/t12-,13+/m1/s1. The smallest absolute Gasteiger partial charge is 0.307 e. The van der Waals surface area contributed by atoms with Crippen LogP contribution in [-0.2, 0) is 9.59 Å². The lowest BCUT2D eigenvalue weighted by molar-refractivity contribution is -0.140. The van der Waals surface area contributed by atoms with Crippen molar-refractivity contribution in [1.29, 1.82) is 0 Å². The zero-order valence-electron chi connectivity index (χ0n) is 12.6. The third kappa shape index (κ3) is 3.17. The first-order valence-corrected chi connectivity index (χ1v) is 7.14. The lowest BCUT2D eigenvalue weighted by Crippen LogP contribution is -2.17. The summed E-state index contributed by atoms with van der Waals surface area (Å²) in [5, 5.41) is 11.9. The first kappa shape index (κ1) is 15.4. The largest absolute Gasteiger partial charge is 0.494 e. The van der Waals surface area contributed by atoms with E-state index >= 15 is 0 Å². The number of rotatable bonds is 6. The molecule has 1 aliphatic rings. The minimum absolute atomic E-state index is 0.241. The summed E-state index contributed by atoms with van der Waals surface area (Å²) in [6.07, 6.45) is 0.936. The fourth-order valence-corrected chi connectivity index (χ4v) is 2.66. The number of carbonyl (C=O) groups excluding carboxylic acids is 1. The van der Waals surface area contributed by atoms with E-state index in [1.807, 2.05) is 6.92 Å². The van der Waals surface area contributed by atoms with Gasteiger partial charge in [-0.2, -0.15) is 0 Å². The van der Waals surface area contributed by atoms with Gasteiger partial charge in [0, 0.05) is 5.69 Å². The second kappa shape index (κ2) is 5.76. The van der Waals surface area contributed by atoms with Crippen LogP contribution in [-0.4, -0.2) is 23.6 Å². The van der Waals surface area contributed by atoms with Crippen molar-refractivity contribution < 1.29 is 19.4 Å². The lowest BCUT2D eigenvalue weighted by Gasteiger charge is -2.08. The maximum absolute atomic E-state index is 12.2. The van der Waals surface area contributed by atoms with Crippen molar-refractivity contribution in [2.45, 2.75) is 27.2 Å². The number of ether oxygens (including phenoxy) is 1. The minimum atomic E-state index is -0.913. The van der Waals surface area contributed by atoms with Gasteiger partial charge in [-0.15, -0.1) is 0 Å². The molecule has 1 amide bonds. The highest BCUT2D eigenvalue weighted by Crippen LogP contribution is 2.58. The van der Waals surface area contributed by atoms with Gasteiger partial charge < -0.3 is 15.2 Å². The van der Waals surface area contributed by atoms with Crippen LogP contribution in [0.15, 0.2) is 24.3 Å². The van der Waals surface area contributed by atoms with E-state index in [0.717, 1.165) is 12.2 Å². The number of amides is 1. The van der Waals surface area contributed by atoms with E-state index in [0.29, 0.717) is 12.3 Å². The Morgan fingerprint density at radius 1 is 1.24 bits per heavy atom. The van der Waals surface area contributed by atoms with Crippen LogP contribution in [0.25, 0.3) is 0 Å². The fourth-order valence-electron chi connectivity index (χ4n) is 2.66. The summed E-state index contributed by atoms with van der Waals surface area (Å²) in [7, 11) is 0. The van der Waals surface area contributed by atoms with Crippen LogP contribution in [0.3, 0.4) is 0 Å². The summed E-state index contributed by atoms with van der Waals surface area (Å²) in [6.45, 7) is 6.29. The number of aliphatic carboxylic acids is 1. The number of nitrogens with one attached hydrogen (secondary N) is 1. The normalized spacial score (nSPS) is 22.4. The second-order valence-corrected chi connectivity index (χ2v) is 5.98. The fraction of sp³-hybridized carbons (Fsp3) is 0.500. The average Bonchev–Trinajstić information content (AvgIpc) is 3.01. The number of carboxylic acid groups (broad SMARTS) is 1. The van der Waals surface area contributed by atoms with Crippen LogP contribution in [0, 0.1) is 17.3 Å². The second-order valence-electron chi connectivity index (χ2n) is 5.98. The van der Waals surface area contributed by atoms with Crippen molar-refractivity contribution in [1.82, 2.24) is 0 Å². The summed E-state index contributed by atoms with van der Waals surface area (Å²) in [5.41, 5.74) is 0.163. The molecule has 0 saturated heterocycles. The molecule has 5 nitrogen and oxygen atoms in total. The Bertz CT molecular complexity index is 536. The predicted molar refractivity (Wildman–Crippen MR) is 79.3 cm³/mol. The molecule has 2 atom stereocenters. The molecule has 114 valence electrons. The Morgan fingerprint density at radius 3 is 2.33 bits per heavy atom. The number of hydrogen-bond donors (Lipinski definition) is 2. The van der Waals surface area contributed by atoms with Crippen LogP contribution in [0.2, 0.25) is 0 Å². The maximum atomic E-state index is 12.2. The highest BCUT2D eigenvalue weighted by atomic mass is 16.5. The van der Waals surface area contributed by atoms with Gasteiger partial charge in [-0.25, -0.2) is 0 Å². The average molecular weight is 291 g/mol. The summed E-state index contributed by atoms with van der Waals surface area (Å²) in [4.78, 5) is 23.2. The van der Waals surface area contributed by atoms with E-state index in [4.69, 9.17) is 9.84 Å². The highest BCUT2D eigenvalue weighted by Gasteiger charge is 2.65. The van der Waals surface area contributed by atoms with E-state index in [-0.39, 0.29) is 5.91 Å². The van der Waals surface area contributed by atoms with Crippen LogP contribution < -0.4 is 10.1 Å². The molecule has 0 bridgehead atoms. The van der Waals surface area contributed by atoms with Gasteiger partial charge in [0.25, 0.3) is 0 Å². The number of carboxylic acids is 1. The summed E-state index contributed by atoms with van der Waals surface area (Å²) in [5.74, 6) is -1.49. The lowest BCUT2D eigenvalue weighted by atomic mass is 10.1. The Balaban J connectivity index is 1.96. The zero-order valence-corrected chi connectivity index (χ0v) is 12.6. The Hall–Kier alpha value is -2.04. The van der Waals surface area contributed by atoms with Gasteiger partial charge in [0.1, 0.15) is 5.75 Å². The molecule has 2 N–H and O–H groups in total. The van der Waals surface area contributed by atoms with Gasteiger partial charge in [-0.1, -0.05) is 20.8 Å². The minimum Gasteiger partial charge on any atom is -0.494 e. The first-order chi connectivity index (χ1) is 9.87. The molecular formula is C16H21NO4. The van der Waals surface area contributed by atoms with Gasteiger partial charge in [-0.3, -0.25) is 9.59 Å². The molecule has 0 radical (unpaired) electrons. The van der Waals surface area contributed by atoms with Gasteiger partial charge >= 0.3 is 5.97 Å². The number of benzene rings is 1. The van der Waals surface area contributed by atoms with Crippen molar-refractivity contribution >= 4 is 17.6 Å². The number of hydrogen-bond acceptors (Lipinski definition) is 3. The Morgan fingerprint density at radius 2 is 1.86 bits per heavy atom. The van der Waals surface area contributed by atoms with Gasteiger partial charge in [0.05, 0.1) is 18.4 Å². The third-order valence-corrected chi connectivity index (χ3v) is 3.97. The quantitative estimate of drug-likeness (QED) is 0.845. The van der Waals surface area contributed by atoms with Gasteiger partial charge in [0.2, 0.25) is 5.91 Å². The molecule has 1 aromatic carbocycles. The Labute approximate surface area is 124 Å². The molecule has 0 spiro atoms. The molecule has 1 aromatic rings. The molecular weight excluding hydrogens is 270 g/mol. The molecule has 2 rings (SSSR count). The topological polar surface area (TPSA) is 75.6 Å². The predicted octanol–water partition coefficient (Wildman–Crippen LogP) is 2.77. The van der Waals surface area contributed by atoms with Crippen LogP contribution in [0.4, 0.5) is 5.69 Å². The summed E-state index contributed by atoms with van der Waals surface area (Å²) < 4.78 is 5.47. The van der Waals surface area contributed by atoms with Crippen molar-refractivity contribution in [2.24, 2.45) is 17.3 Å². The van der Waals surface area contributed by atoms with Crippen molar-refractivity contribution in [3.63, 3.8) is 0 Å².